The van der Waals surface area contributed by atoms with E-state index in [-0.39, 0.29) is 42.6 Å². The molecular formula is C21H25N7O6. The van der Waals surface area contributed by atoms with Crippen LogP contribution in [0.25, 0.3) is 11.2 Å². The molecule has 0 saturated heterocycles. The fourth-order valence-electron chi connectivity index (χ4n) is 3.28. The number of hydrogen-bond donors (Lipinski definition) is 2. The van der Waals surface area contributed by atoms with Gasteiger partial charge in [-0.2, -0.15) is 10.1 Å². The van der Waals surface area contributed by atoms with Gasteiger partial charge in [-0.25, -0.2) is 10.2 Å². The zero-order chi connectivity index (χ0) is 25.0. The SMILES string of the molecule is C=CCOCC(O)Cn1c(NN=C(C)c2ccc([N+](=O)[O-])cc2)nc2c1c(=O)n(C)c(=O)n2C. The summed E-state index contributed by atoms with van der Waals surface area (Å²) < 4.78 is 8.91. The topological polar surface area (TPSA) is 159 Å². The molecule has 1 aromatic carbocycles. The number of hydrogen-bond acceptors (Lipinski definition) is 9. The fraction of sp³-hybridized carbons (Fsp3) is 0.333. The molecule has 0 aliphatic heterocycles. The lowest BCUT2D eigenvalue weighted by atomic mass is 10.1. The highest BCUT2D eigenvalue weighted by molar-refractivity contribution is 5.99. The molecule has 13 heteroatoms. The van der Waals surface area contributed by atoms with E-state index < -0.39 is 22.3 Å². The zero-order valence-electron chi connectivity index (χ0n) is 19.0. The number of benzene rings is 1. The van der Waals surface area contributed by atoms with Crippen LogP contribution in [0.1, 0.15) is 12.5 Å². The molecule has 180 valence electrons. The zero-order valence-corrected chi connectivity index (χ0v) is 19.0. The number of nitrogens with zero attached hydrogens (tertiary/aromatic N) is 6. The van der Waals surface area contributed by atoms with Crippen LogP contribution in [0.2, 0.25) is 0 Å². The van der Waals surface area contributed by atoms with Gasteiger partial charge in [0, 0.05) is 26.2 Å². The largest absolute Gasteiger partial charge is 0.389 e. The first-order chi connectivity index (χ1) is 16.1. The summed E-state index contributed by atoms with van der Waals surface area (Å²) in [5, 5.41) is 25.6. The van der Waals surface area contributed by atoms with Crippen molar-refractivity contribution in [3.63, 3.8) is 0 Å². The summed E-state index contributed by atoms with van der Waals surface area (Å²) in [6.45, 7) is 5.42. The molecule has 0 amide bonds. The number of aliphatic hydroxyl groups is 1. The molecule has 13 nitrogen and oxygen atoms in total. The fourth-order valence-corrected chi connectivity index (χ4v) is 3.28. The maximum atomic E-state index is 12.9. The molecule has 0 aliphatic rings. The van der Waals surface area contributed by atoms with E-state index in [0.29, 0.717) is 11.3 Å². The Bertz CT molecular complexity index is 1370. The van der Waals surface area contributed by atoms with E-state index in [1.807, 2.05) is 0 Å². The molecule has 0 spiro atoms. The molecular weight excluding hydrogens is 446 g/mol. The molecule has 2 heterocycles. The molecule has 0 aliphatic carbocycles. The first-order valence-electron chi connectivity index (χ1n) is 10.2. The number of hydrazone groups is 1. The number of non-ortho nitro benzene ring substituents is 1. The van der Waals surface area contributed by atoms with Gasteiger partial charge in [0.2, 0.25) is 5.95 Å². The minimum Gasteiger partial charge on any atom is -0.389 e. The normalized spacial score (nSPS) is 12.6. The third-order valence-electron chi connectivity index (χ3n) is 5.11. The number of ether oxygens (including phenoxy) is 1. The number of nitro groups is 1. The second-order valence-corrected chi connectivity index (χ2v) is 7.52. The van der Waals surface area contributed by atoms with Gasteiger partial charge in [0.15, 0.2) is 11.2 Å². The third kappa shape index (κ3) is 4.94. The van der Waals surface area contributed by atoms with Crippen LogP contribution < -0.4 is 16.7 Å². The Kier molecular flexibility index (Phi) is 7.38. The molecule has 0 bridgehead atoms. The van der Waals surface area contributed by atoms with Crippen molar-refractivity contribution in [2.75, 3.05) is 18.6 Å². The summed E-state index contributed by atoms with van der Waals surface area (Å²) in [5.74, 6) is 0.123. The molecule has 0 saturated carbocycles. The van der Waals surface area contributed by atoms with Crippen LogP contribution in [-0.4, -0.2) is 53.7 Å². The maximum absolute atomic E-state index is 12.9. The van der Waals surface area contributed by atoms with E-state index in [0.717, 1.165) is 4.57 Å². The van der Waals surface area contributed by atoms with E-state index in [9.17, 15) is 24.8 Å². The number of imidazole rings is 1. The van der Waals surface area contributed by atoms with Crippen molar-refractivity contribution in [2.45, 2.75) is 19.6 Å². The monoisotopic (exact) mass is 471 g/mol. The van der Waals surface area contributed by atoms with Crippen LogP contribution in [-0.2, 0) is 25.4 Å². The summed E-state index contributed by atoms with van der Waals surface area (Å²) in [5.41, 5.74) is 2.96. The molecule has 3 aromatic rings. The van der Waals surface area contributed by atoms with Crippen molar-refractivity contribution in [1.82, 2.24) is 18.7 Å². The van der Waals surface area contributed by atoms with E-state index in [1.54, 1.807) is 25.1 Å². The van der Waals surface area contributed by atoms with Crippen molar-refractivity contribution < 1.29 is 14.8 Å². The lowest BCUT2D eigenvalue weighted by Crippen LogP contribution is -2.38. The van der Waals surface area contributed by atoms with Gasteiger partial charge in [-0.3, -0.25) is 24.0 Å². The van der Waals surface area contributed by atoms with Crippen molar-refractivity contribution in [2.24, 2.45) is 19.2 Å². The van der Waals surface area contributed by atoms with E-state index >= 15 is 0 Å². The number of nitrogens with one attached hydrogen (secondary N) is 1. The van der Waals surface area contributed by atoms with E-state index in [1.165, 1.54) is 35.4 Å². The highest BCUT2D eigenvalue weighted by Crippen LogP contribution is 2.17. The highest BCUT2D eigenvalue weighted by atomic mass is 16.6. The van der Waals surface area contributed by atoms with Gasteiger partial charge in [-0.15, -0.1) is 6.58 Å². The lowest BCUT2D eigenvalue weighted by molar-refractivity contribution is -0.384. The van der Waals surface area contributed by atoms with Gasteiger partial charge >= 0.3 is 5.69 Å². The summed E-state index contributed by atoms with van der Waals surface area (Å²) >= 11 is 0. The molecule has 0 fully saturated rings. The predicted octanol–water partition coefficient (Wildman–Crippen LogP) is 0.741. The third-order valence-corrected chi connectivity index (χ3v) is 5.11. The van der Waals surface area contributed by atoms with Crippen LogP contribution in [0.4, 0.5) is 11.6 Å². The smallest absolute Gasteiger partial charge is 0.332 e. The number of fused-ring (bicyclic) bond motifs is 1. The standard InChI is InChI=1S/C21H25N7O6/c1-5-10-34-12-16(29)11-27-17-18(25(3)21(31)26(4)19(17)30)22-20(27)24-23-13(2)14-6-8-15(9-7-14)28(32)33/h5-9,16,29H,1,10-12H2,2-4H3,(H,22,24). The van der Waals surface area contributed by atoms with Crippen LogP contribution in [0.3, 0.4) is 0 Å². The minimum atomic E-state index is -0.986. The summed E-state index contributed by atoms with van der Waals surface area (Å²) in [4.78, 5) is 39.9. The average molecular weight is 471 g/mol. The Balaban J connectivity index is 2.02. The molecule has 2 N–H and O–H groups in total. The molecule has 1 unspecified atom stereocenters. The van der Waals surface area contributed by atoms with Crippen LogP contribution in [0, 0.1) is 10.1 Å². The number of aromatic nitrogens is 4. The quantitative estimate of drug-likeness (QED) is 0.144. The summed E-state index contributed by atoms with van der Waals surface area (Å²) in [6.07, 6.45) is 0.563. The molecule has 1 atom stereocenters. The number of rotatable bonds is 10. The molecule has 34 heavy (non-hydrogen) atoms. The maximum Gasteiger partial charge on any atom is 0.332 e. The van der Waals surface area contributed by atoms with E-state index in [4.69, 9.17) is 4.74 Å². The van der Waals surface area contributed by atoms with Crippen molar-refractivity contribution in [1.29, 1.82) is 0 Å². The number of anilines is 1. The van der Waals surface area contributed by atoms with Crippen LogP contribution in [0.5, 0.6) is 0 Å². The number of aryl methyl sites for hydroxylation is 1. The van der Waals surface area contributed by atoms with Crippen molar-refractivity contribution >= 4 is 28.5 Å². The summed E-state index contributed by atoms with van der Waals surface area (Å²) in [7, 11) is 2.84. The van der Waals surface area contributed by atoms with Crippen LogP contribution >= 0.6 is 0 Å². The predicted molar refractivity (Wildman–Crippen MR) is 126 cm³/mol. The first-order valence-corrected chi connectivity index (χ1v) is 10.2. The Labute approximate surface area is 193 Å². The molecule has 2 aromatic heterocycles. The van der Waals surface area contributed by atoms with Crippen molar-refractivity contribution in [3.05, 3.63) is 73.4 Å². The Morgan fingerprint density at radius 3 is 2.62 bits per heavy atom. The van der Waals surface area contributed by atoms with Gasteiger partial charge in [-0.1, -0.05) is 6.08 Å². The second kappa shape index (κ2) is 10.2. The average Bonchev–Trinajstić information content (AvgIpc) is 3.18. The summed E-state index contributed by atoms with van der Waals surface area (Å²) in [6, 6.07) is 5.84. The number of nitro benzene ring substituents is 1. The van der Waals surface area contributed by atoms with Gasteiger partial charge in [-0.05, 0) is 24.6 Å². The Morgan fingerprint density at radius 1 is 1.32 bits per heavy atom. The van der Waals surface area contributed by atoms with Gasteiger partial charge in [0.1, 0.15) is 0 Å². The van der Waals surface area contributed by atoms with E-state index in [2.05, 4.69) is 22.1 Å². The highest BCUT2D eigenvalue weighted by Gasteiger charge is 2.21. The van der Waals surface area contributed by atoms with Crippen LogP contribution in [0.15, 0.2) is 51.6 Å². The first kappa shape index (κ1) is 24.5. The number of aliphatic hydroxyl groups excluding tert-OH is 1. The molecule has 0 radical (unpaired) electrons. The second-order valence-electron chi connectivity index (χ2n) is 7.52. The lowest BCUT2D eigenvalue weighted by Gasteiger charge is -2.14. The van der Waals surface area contributed by atoms with Gasteiger partial charge < -0.3 is 14.4 Å². The Morgan fingerprint density at radius 2 is 2.00 bits per heavy atom. The minimum absolute atomic E-state index is 0.0116. The molecule has 3 rings (SSSR count). The van der Waals surface area contributed by atoms with Crippen molar-refractivity contribution in [3.8, 4) is 0 Å². The Hall–Kier alpha value is -4.10. The van der Waals surface area contributed by atoms with Gasteiger partial charge in [0.05, 0.1) is 36.5 Å². The van der Waals surface area contributed by atoms with Gasteiger partial charge in [0.25, 0.3) is 11.2 Å².